The molecule has 7 nitrogen and oxygen atoms in total. The van der Waals surface area contributed by atoms with E-state index in [0.29, 0.717) is 26.2 Å². The van der Waals surface area contributed by atoms with Gasteiger partial charge in [0.2, 0.25) is 0 Å². The zero-order valence-electron chi connectivity index (χ0n) is 17.3. The average molecular weight is 435 g/mol. The van der Waals surface area contributed by atoms with Crippen molar-refractivity contribution in [3.8, 4) is 0 Å². The van der Waals surface area contributed by atoms with Crippen LogP contribution in [0.1, 0.15) is 27.6 Å². The summed E-state index contributed by atoms with van der Waals surface area (Å²) < 4.78 is 24.8. The summed E-state index contributed by atoms with van der Waals surface area (Å²) in [5.74, 6) is -0.945. The lowest BCUT2D eigenvalue weighted by atomic mass is 9.83. The quantitative estimate of drug-likeness (QED) is 0.630. The molecular weight excluding hydrogens is 413 g/mol. The Balaban J connectivity index is 1.47. The van der Waals surface area contributed by atoms with Gasteiger partial charge in [0, 0.05) is 37.9 Å². The Morgan fingerprint density at radius 3 is 2.75 bits per heavy atom. The third-order valence-electron chi connectivity index (χ3n) is 6.15. The first-order chi connectivity index (χ1) is 15.6. The van der Waals surface area contributed by atoms with Gasteiger partial charge in [-0.1, -0.05) is 18.2 Å². The number of ether oxygens (including phenoxy) is 1. The van der Waals surface area contributed by atoms with Gasteiger partial charge in [0.05, 0.1) is 19.4 Å². The number of morpholine rings is 1. The van der Waals surface area contributed by atoms with Crippen molar-refractivity contribution in [2.24, 2.45) is 0 Å². The number of carbonyl (C=O) groups excluding carboxylic acids is 2. The molecule has 5 rings (SSSR count). The van der Waals surface area contributed by atoms with E-state index in [-0.39, 0.29) is 35.9 Å². The van der Waals surface area contributed by atoms with Crippen LogP contribution >= 0.6 is 0 Å². The first kappa shape index (κ1) is 20.4. The third kappa shape index (κ3) is 3.56. The Bertz CT molecular complexity index is 1100. The molecule has 8 heteroatoms. The van der Waals surface area contributed by atoms with Crippen molar-refractivity contribution in [3.63, 3.8) is 0 Å². The minimum absolute atomic E-state index is 0.116. The van der Waals surface area contributed by atoms with Crippen LogP contribution in [0.15, 0.2) is 71.6 Å². The summed E-state index contributed by atoms with van der Waals surface area (Å²) in [5, 5.41) is 0. The molecule has 2 aliphatic heterocycles. The minimum atomic E-state index is -1.22. The summed E-state index contributed by atoms with van der Waals surface area (Å²) in [6, 6.07) is 13.1. The van der Waals surface area contributed by atoms with Gasteiger partial charge in [-0.3, -0.25) is 14.6 Å². The number of nitrogens with zero attached hydrogens (tertiary/aromatic N) is 3. The van der Waals surface area contributed by atoms with Gasteiger partial charge in [0.25, 0.3) is 11.8 Å². The van der Waals surface area contributed by atoms with Gasteiger partial charge in [-0.05, 0) is 41.5 Å². The number of amides is 2. The van der Waals surface area contributed by atoms with E-state index in [1.165, 1.54) is 18.4 Å². The number of rotatable bonds is 4. The fourth-order valence-electron chi connectivity index (χ4n) is 4.59. The lowest BCUT2D eigenvalue weighted by Crippen LogP contribution is -2.60. The van der Waals surface area contributed by atoms with Crippen LogP contribution in [-0.2, 0) is 16.1 Å². The van der Waals surface area contributed by atoms with Gasteiger partial charge in [-0.25, -0.2) is 4.39 Å². The maximum absolute atomic E-state index is 13.8. The largest absolute Gasteiger partial charge is 0.459 e. The van der Waals surface area contributed by atoms with Crippen molar-refractivity contribution in [1.29, 1.82) is 0 Å². The highest BCUT2D eigenvalue weighted by Crippen LogP contribution is 2.42. The molecule has 164 valence electrons. The third-order valence-corrected chi connectivity index (χ3v) is 6.15. The molecule has 4 heterocycles. The maximum atomic E-state index is 13.8. The lowest BCUT2D eigenvalue weighted by molar-refractivity contribution is -0.172. The summed E-state index contributed by atoms with van der Waals surface area (Å²) >= 11 is 0. The second-order valence-corrected chi connectivity index (χ2v) is 8.09. The predicted molar refractivity (Wildman–Crippen MR) is 112 cm³/mol. The predicted octanol–water partition coefficient (Wildman–Crippen LogP) is 2.85. The normalized spacial score (nSPS) is 23.2. The summed E-state index contributed by atoms with van der Waals surface area (Å²) in [4.78, 5) is 34.4. The summed E-state index contributed by atoms with van der Waals surface area (Å²) in [6.45, 7) is 1.53. The molecule has 0 radical (unpaired) electrons. The van der Waals surface area contributed by atoms with Crippen LogP contribution in [0.5, 0.6) is 0 Å². The molecule has 0 aliphatic carbocycles. The summed E-state index contributed by atoms with van der Waals surface area (Å²) in [5.41, 5.74) is 0.444. The second kappa shape index (κ2) is 8.20. The van der Waals surface area contributed by atoms with Crippen molar-refractivity contribution in [2.75, 3.05) is 26.2 Å². The van der Waals surface area contributed by atoms with E-state index in [1.807, 2.05) is 12.1 Å². The zero-order chi connectivity index (χ0) is 22.1. The Morgan fingerprint density at radius 2 is 2.03 bits per heavy atom. The molecule has 3 aromatic rings. The van der Waals surface area contributed by atoms with Crippen LogP contribution in [-0.4, -0.2) is 58.4 Å². The van der Waals surface area contributed by atoms with Gasteiger partial charge >= 0.3 is 0 Å². The van der Waals surface area contributed by atoms with Crippen LogP contribution in [0.3, 0.4) is 0 Å². The molecule has 0 bridgehead atoms. The summed E-state index contributed by atoms with van der Waals surface area (Å²) in [6.07, 6.45) is 4.83. The van der Waals surface area contributed by atoms with Crippen LogP contribution < -0.4 is 0 Å². The topological polar surface area (TPSA) is 75.9 Å². The number of pyridine rings is 1. The Hall–Kier alpha value is -3.52. The molecule has 0 saturated carbocycles. The SMILES string of the molecule is O=C(c1ccco1)N1C[C@@H](c2cccnc2)[C@]2(C1)OCCN(Cc1ccc(F)cc1)C2=O. The molecule has 2 fully saturated rings. The summed E-state index contributed by atoms with van der Waals surface area (Å²) in [7, 11) is 0. The van der Waals surface area contributed by atoms with E-state index >= 15 is 0 Å². The minimum Gasteiger partial charge on any atom is -0.459 e. The van der Waals surface area contributed by atoms with E-state index in [2.05, 4.69) is 4.98 Å². The van der Waals surface area contributed by atoms with Gasteiger partial charge in [0.15, 0.2) is 11.4 Å². The molecule has 2 aliphatic rings. The van der Waals surface area contributed by atoms with Crippen LogP contribution in [0.2, 0.25) is 0 Å². The van der Waals surface area contributed by atoms with Gasteiger partial charge < -0.3 is 19.0 Å². The smallest absolute Gasteiger partial charge is 0.289 e. The number of benzene rings is 1. The highest BCUT2D eigenvalue weighted by molar-refractivity contribution is 5.94. The van der Waals surface area contributed by atoms with Crippen LogP contribution in [0, 0.1) is 5.82 Å². The first-order valence-corrected chi connectivity index (χ1v) is 10.5. The number of hydrogen-bond donors (Lipinski definition) is 0. The number of halogens is 1. The molecule has 1 spiro atoms. The highest BCUT2D eigenvalue weighted by Gasteiger charge is 2.58. The van der Waals surface area contributed by atoms with Gasteiger partial charge in [-0.15, -0.1) is 0 Å². The molecule has 2 saturated heterocycles. The van der Waals surface area contributed by atoms with Crippen molar-refractivity contribution in [3.05, 3.63) is 89.9 Å². The van der Waals surface area contributed by atoms with E-state index < -0.39 is 5.60 Å². The van der Waals surface area contributed by atoms with E-state index in [4.69, 9.17) is 9.15 Å². The average Bonchev–Trinajstić information content (AvgIpc) is 3.48. The van der Waals surface area contributed by atoms with Crippen LogP contribution in [0.25, 0.3) is 0 Å². The number of aromatic nitrogens is 1. The molecule has 2 atom stereocenters. The molecule has 0 unspecified atom stereocenters. The number of furan rings is 1. The monoisotopic (exact) mass is 435 g/mol. The van der Waals surface area contributed by atoms with Crippen molar-refractivity contribution in [2.45, 2.75) is 18.1 Å². The molecule has 2 aromatic heterocycles. The fraction of sp³-hybridized carbons (Fsp3) is 0.292. The standard InChI is InChI=1S/C24H22FN3O4/c25-19-7-5-17(6-8-19)14-27-10-12-32-24(23(27)30)16-28(22(29)21-4-2-11-31-21)15-20(24)18-3-1-9-26-13-18/h1-9,11,13,20H,10,12,14-16H2/t20-,24-/m0/s1. The molecule has 0 N–H and O–H groups in total. The number of carbonyl (C=O) groups is 2. The molecule has 1 aromatic carbocycles. The number of hydrogen-bond acceptors (Lipinski definition) is 5. The Morgan fingerprint density at radius 1 is 1.19 bits per heavy atom. The van der Waals surface area contributed by atoms with E-state index in [0.717, 1.165) is 11.1 Å². The van der Waals surface area contributed by atoms with Gasteiger partial charge in [-0.2, -0.15) is 0 Å². The maximum Gasteiger partial charge on any atom is 0.289 e. The number of likely N-dealkylation sites (tertiary alicyclic amines) is 1. The van der Waals surface area contributed by atoms with Crippen molar-refractivity contribution < 1.29 is 23.1 Å². The van der Waals surface area contributed by atoms with Crippen LogP contribution in [0.4, 0.5) is 4.39 Å². The Labute approximate surface area is 184 Å². The van der Waals surface area contributed by atoms with Gasteiger partial charge in [0.1, 0.15) is 5.82 Å². The lowest BCUT2D eigenvalue weighted by Gasteiger charge is -2.42. The molecular formula is C24H22FN3O4. The fourth-order valence-corrected chi connectivity index (χ4v) is 4.59. The van der Waals surface area contributed by atoms with E-state index in [9.17, 15) is 14.0 Å². The second-order valence-electron chi connectivity index (χ2n) is 8.09. The first-order valence-electron chi connectivity index (χ1n) is 10.5. The molecule has 2 amide bonds. The van der Waals surface area contributed by atoms with E-state index in [1.54, 1.807) is 46.5 Å². The Kier molecular flexibility index (Phi) is 5.22. The zero-order valence-corrected chi connectivity index (χ0v) is 17.3. The van der Waals surface area contributed by atoms with Crippen molar-refractivity contribution in [1.82, 2.24) is 14.8 Å². The van der Waals surface area contributed by atoms with Crippen molar-refractivity contribution >= 4 is 11.8 Å². The molecule has 32 heavy (non-hydrogen) atoms. The highest BCUT2D eigenvalue weighted by atomic mass is 19.1.